The fourth-order valence-corrected chi connectivity index (χ4v) is 4.31. The van der Waals surface area contributed by atoms with Crippen molar-refractivity contribution in [3.63, 3.8) is 0 Å². The molecule has 27 heavy (non-hydrogen) atoms. The number of carboxylic acids is 1. The maximum absolute atomic E-state index is 12.4. The highest BCUT2D eigenvalue weighted by Crippen LogP contribution is 2.28. The predicted molar refractivity (Wildman–Crippen MR) is 101 cm³/mol. The highest BCUT2D eigenvalue weighted by molar-refractivity contribution is 7.86. The lowest BCUT2D eigenvalue weighted by atomic mass is 9.96. The molecule has 3 rings (SSSR count). The first kappa shape index (κ1) is 19.4. The lowest BCUT2D eigenvalue weighted by molar-refractivity contribution is 0.0697. The number of hydrogen-bond acceptors (Lipinski definition) is 5. The first-order valence-corrected chi connectivity index (χ1v) is 10.0. The molecule has 1 aromatic heterocycles. The van der Waals surface area contributed by atoms with E-state index in [1.54, 1.807) is 24.5 Å². The van der Waals surface area contributed by atoms with Crippen LogP contribution in [0.1, 0.15) is 34.8 Å². The first-order valence-electron chi connectivity index (χ1n) is 8.62. The van der Waals surface area contributed by atoms with Gasteiger partial charge in [-0.1, -0.05) is 12.1 Å². The Morgan fingerprint density at radius 1 is 1.22 bits per heavy atom. The molecule has 0 saturated carbocycles. The first-order chi connectivity index (χ1) is 12.8. The normalized spacial score (nSPS) is 18.6. The average molecular weight is 390 g/mol. The van der Waals surface area contributed by atoms with Crippen molar-refractivity contribution in [2.45, 2.75) is 18.8 Å². The summed E-state index contributed by atoms with van der Waals surface area (Å²) in [6.07, 6.45) is 4.90. The number of piperidine rings is 1. The second-order valence-corrected chi connectivity index (χ2v) is 8.84. The predicted octanol–water partition coefficient (Wildman–Crippen LogP) is 1.83. The molecule has 1 N–H and O–H groups in total. The molecule has 1 atom stereocenters. The van der Waals surface area contributed by atoms with Crippen LogP contribution in [0.4, 0.5) is 0 Å². The van der Waals surface area contributed by atoms with Crippen LogP contribution in [0.3, 0.4) is 0 Å². The molecule has 0 radical (unpaired) electrons. The van der Waals surface area contributed by atoms with E-state index in [0.717, 1.165) is 24.1 Å². The molecule has 144 valence electrons. The lowest BCUT2D eigenvalue weighted by Gasteiger charge is -2.33. The molecule has 2 aromatic rings. The monoisotopic (exact) mass is 390 g/mol. The number of hydrogen-bond donors (Lipinski definition) is 1. The number of carbonyl (C=O) groups is 1. The second-order valence-electron chi connectivity index (χ2n) is 6.70. The Morgan fingerprint density at radius 2 is 1.93 bits per heavy atom. The molecular weight excluding hydrogens is 368 g/mol. The van der Waals surface area contributed by atoms with E-state index in [1.165, 1.54) is 34.8 Å². The van der Waals surface area contributed by atoms with Crippen LogP contribution in [0.25, 0.3) is 11.3 Å². The van der Waals surface area contributed by atoms with E-state index in [9.17, 15) is 13.2 Å². The molecule has 2 heterocycles. The number of carboxylic acid groups (broad SMARTS) is 1. The van der Waals surface area contributed by atoms with E-state index < -0.39 is 16.2 Å². The summed E-state index contributed by atoms with van der Waals surface area (Å²) < 4.78 is 27.5. The summed E-state index contributed by atoms with van der Waals surface area (Å²) in [7, 11) is -0.397. The van der Waals surface area contributed by atoms with Crippen LogP contribution in [0.5, 0.6) is 0 Å². The fraction of sp³-hybridized carbons (Fsp3) is 0.389. The zero-order valence-electron chi connectivity index (χ0n) is 15.2. The van der Waals surface area contributed by atoms with Gasteiger partial charge in [0.2, 0.25) is 0 Å². The zero-order valence-corrected chi connectivity index (χ0v) is 16.1. The van der Waals surface area contributed by atoms with Crippen molar-refractivity contribution < 1.29 is 18.3 Å². The molecule has 0 amide bonds. The van der Waals surface area contributed by atoms with Gasteiger partial charge < -0.3 is 5.11 Å². The van der Waals surface area contributed by atoms with E-state index in [4.69, 9.17) is 5.11 Å². The van der Waals surface area contributed by atoms with E-state index in [1.807, 2.05) is 0 Å². The van der Waals surface area contributed by atoms with Crippen molar-refractivity contribution in [3.05, 3.63) is 47.9 Å². The summed E-state index contributed by atoms with van der Waals surface area (Å²) in [5.41, 5.74) is 2.35. The van der Waals surface area contributed by atoms with Gasteiger partial charge in [0.05, 0.1) is 23.1 Å². The summed E-state index contributed by atoms with van der Waals surface area (Å²) >= 11 is 0. The molecule has 1 aliphatic rings. The number of benzene rings is 1. The smallest absolute Gasteiger partial charge is 0.335 e. The van der Waals surface area contributed by atoms with Gasteiger partial charge in [-0.2, -0.15) is 17.0 Å². The Kier molecular flexibility index (Phi) is 5.54. The minimum absolute atomic E-state index is 0.0285. The molecule has 0 aliphatic carbocycles. The summed E-state index contributed by atoms with van der Waals surface area (Å²) in [4.78, 5) is 19.9. The third-order valence-electron chi connectivity index (χ3n) is 4.67. The highest BCUT2D eigenvalue weighted by atomic mass is 32.2. The van der Waals surface area contributed by atoms with Gasteiger partial charge in [0.1, 0.15) is 0 Å². The van der Waals surface area contributed by atoms with Gasteiger partial charge in [-0.3, -0.25) is 4.98 Å². The van der Waals surface area contributed by atoms with Crippen molar-refractivity contribution in [1.82, 2.24) is 18.6 Å². The summed E-state index contributed by atoms with van der Waals surface area (Å²) in [6.45, 7) is 0.872. The number of nitrogens with zero attached hydrogens (tertiary/aromatic N) is 4. The molecule has 1 aliphatic heterocycles. The largest absolute Gasteiger partial charge is 0.478 e. The van der Waals surface area contributed by atoms with Gasteiger partial charge >= 0.3 is 5.97 Å². The number of aromatic nitrogens is 2. The fourth-order valence-electron chi connectivity index (χ4n) is 3.12. The Hall–Kier alpha value is -2.36. The highest BCUT2D eigenvalue weighted by Gasteiger charge is 2.31. The number of aromatic carboxylic acids is 1. The average Bonchev–Trinajstić information content (AvgIpc) is 2.68. The molecule has 9 heteroatoms. The minimum atomic E-state index is -3.45. The standard InChI is InChI=1S/C18H22N4O4S/c1-21(2)27(25,26)22-9-3-4-15(12-22)17-11-19-10-16(20-17)13-5-7-14(8-6-13)18(23)24/h5-8,10-11,15H,3-4,9,12H2,1-2H3,(H,23,24). The molecule has 8 nitrogen and oxygen atoms in total. The van der Waals surface area contributed by atoms with Crippen LogP contribution < -0.4 is 0 Å². The molecule has 0 bridgehead atoms. The molecule has 1 unspecified atom stereocenters. The van der Waals surface area contributed by atoms with Crippen LogP contribution in [-0.4, -0.2) is 65.3 Å². The van der Waals surface area contributed by atoms with Crippen molar-refractivity contribution in [2.24, 2.45) is 0 Å². The van der Waals surface area contributed by atoms with Crippen LogP contribution in [0.2, 0.25) is 0 Å². The van der Waals surface area contributed by atoms with E-state index in [-0.39, 0.29) is 11.5 Å². The van der Waals surface area contributed by atoms with E-state index in [0.29, 0.717) is 18.8 Å². The molecule has 0 spiro atoms. The van der Waals surface area contributed by atoms with E-state index >= 15 is 0 Å². The van der Waals surface area contributed by atoms with Gasteiger partial charge in [-0.25, -0.2) is 9.78 Å². The number of rotatable bonds is 5. The van der Waals surface area contributed by atoms with Gasteiger partial charge in [-0.05, 0) is 25.0 Å². The molecule has 1 saturated heterocycles. The quantitative estimate of drug-likeness (QED) is 0.835. The van der Waals surface area contributed by atoms with Gasteiger partial charge in [-0.15, -0.1) is 0 Å². The van der Waals surface area contributed by atoms with E-state index in [2.05, 4.69) is 9.97 Å². The van der Waals surface area contributed by atoms with Crippen LogP contribution in [0, 0.1) is 0 Å². The zero-order chi connectivity index (χ0) is 19.6. The van der Waals surface area contributed by atoms with Crippen molar-refractivity contribution in [3.8, 4) is 11.3 Å². The Labute approximate surface area is 158 Å². The van der Waals surface area contributed by atoms with Crippen LogP contribution in [0.15, 0.2) is 36.7 Å². The lowest BCUT2D eigenvalue weighted by Crippen LogP contribution is -2.45. The maximum Gasteiger partial charge on any atom is 0.335 e. The summed E-state index contributed by atoms with van der Waals surface area (Å²) in [5, 5.41) is 9.00. The molecule has 1 fully saturated rings. The second kappa shape index (κ2) is 7.71. The third kappa shape index (κ3) is 4.15. The third-order valence-corrected chi connectivity index (χ3v) is 6.58. The van der Waals surface area contributed by atoms with Crippen molar-refractivity contribution >= 4 is 16.2 Å². The Morgan fingerprint density at radius 3 is 2.56 bits per heavy atom. The van der Waals surface area contributed by atoms with Gasteiger partial charge in [0, 0.05) is 44.9 Å². The summed E-state index contributed by atoms with van der Waals surface area (Å²) in [5.74, 6) is -1.01. The van der Waals surface area contributed by atoms with Gasteiger partial charge in [0.15, 0.2) is 0 Å². The Bertz CT molecular complexity index is 929. The maximum atomic E-state index is 12.4. The van der Waals surface area contributed by atoms with Crippen molar-refractivity contribution in [2.75, 3.05) is 27.2 Å². The molecule has 1 aromatic carbocycles. The SMILES string of the molecule is CN(C)S(=O)(=O)N1CCCC(c2cncc(-c3ccc(C(=O)O)cc3)n2)C1. The molecular formula is C18H22N4O4S. The minimum Gasteiger partial charge on any atom is -0.478 e. The summed E-state index contributed by atoms with van der Waals surface area (Å²) in [6, 6.07) is 6.44. The Balaban J connectivity index is 1.84. The van der Waals surface area contributed by atoms with Crippen molar-refractivity contribution in [1.29, 1.82) is 0 Å². The topological polar surface area (TPSA) is 104 Å². The van der Waals surface area contributed by atoms with Gasteiger partial charge in [0.25, 0.3) is 10.2 Å². The van der Waals surface area contributed by atoms with Crippen LogP contribution in [-0.2, 0) is 10.2 Å². The van der Waals surface area contributed by atoms with Crippen LogP contribution >= 0.6 is 0 Å².